The van der Waals surface area contributed by atoms with E-state index in [0.29, 0.717) is 18.8 Å². The zero-order valence-corrected chi connectivity index (χ0v) is 20.7. The third-order valence-corrected chi connectivity index (χ3v) is 8.14. The van der Waals surface area contributed by atoms with E-state index < -0.39 is 5.54 Å². The standard InChI is InChI=1S/C27H32N4O2S/c1-3-19-11-13-20(14-12-19)23-16-24-25(32)30(17-22-10-7-15-34-22)27(2,18-31(24)29-23)26(33)28-21-8-5-4-6-9-21/h7,10-16,21H,3-6,8-9,17-18H2,1-2H3,(H,28,33). The number of carbonyl (C=O) groups is 2. The molecule has 1 saturated carbocycles. The van der Waals surface area contributed by atoms with Crippen LogP contribution in [-0.4, -0.2) is 38.1 Å². The molecule has 0 bridgehead atoms. The van der Waals surface area contributed by atoms with Crippen LogP contribution < -0.4 is 5.32 Å². The normalized spacial score (nSPS) is 20.9. The minimum atomic E-state index is -1.01. The SMILES string of the molecule is CCc1ccc(-c2cc3n(n2)CC(C)(C(=O)NC2CCCCC2)N(Cc2cccs2)C3=O)cc1. The molecule has 6 nitrogen and oxygen atoms in total. The van der Waals surface area contributed by atoms with Crippen LogP contribution >= 0.6 is 11.3 Å². The molecular formula is C27H32N4O2S. The minimum absolute atomic E-state index is 0.0840. The number of fused-ring (bicyclic) bond motifs is 1. The Morgan fingerprint density at radius 2 is 1.94 bits per heavy atom. The highest BCUT2D eigenvalue weighted by Crippen LogP contribution is 2.32. The average Bonchev–Trinajstić information content (AvgIpc) is 3.52. The van der Waals surface area contributed by atoms with Crippen molar-refractivity contribution in [2.24, 2.45) is 0 Å². The van der Waals surface area contributed by atoms with E-state index >= 15 is 0 Å². The molecule has 178 valence electrons. The van der Waals surface area contributed by atoms with Gasteiger partial charge in [-0.25, -0.2) is 0 Å². The van der Waals surface area contributed by atoms with Crippen molar-refractivity contribution in [3.8, 4) is 11.3 Å². The molecule has 1 unspecified atom stereocenters. The summed E-state index contributed by atoms with van der Waals surface area (Å²) in [5.74, 6) is -0.232. The number of nitrogens with zero attached hydrogens (tertiary/aromatic N) is 3. The van der Waals surface area contributed by atoms with Crippen molar-refractivity contribution < 1.29 is 9.59 Å². The van der Waals surface area contributed by atoms with Crippen LogP contribution in [0.15, 0.2) is 47.8 Å². The lowest BCUT2D eigenvalue weighted by atomic mass is 9.91. The summed E-state index contributed by atoms with van der Waals surface area (Å²) in [4.78, 5) is 30.3. The molecule has 2 aromatic heterocycles. The Hall–Kier alpha value is -2.93. The molecule has 1 N–H and O–H groups in total. The molecule has 0 spiro atoms. The zero-order valence-electron chi connectivity index (χ0n) is 19.9. The molecule has 7 heteroatoms. The van der Waals surface area contributed by atoms with E-state index in [4.69, 9.17) is 5.10 Å². The van der Waals surface area contributed by atoms with Gasteiger partial charge in [-0.15, -0.1) is 11.3 Å². The molecule has 2 amide bonds. The Morgan fingerprint density at radius 1 is 1.18 bits per heavy atom. The number of aryl methyl sites for hydroxylation is 1. The number of aromatic nitrogens is 2. The molecule has 5 rings (SSSR count). The highest BCUT2D eigenvalue weighted by atomic mass is 32.1. The Kier molecular flexibility index (Phi) is 6.30. The Morgan fingerprint density at radius 3 is 2.62 bits per heavy atom. The third-order valence-electron chi connectivity index (χ3n) is 7.28. The summed E-state index contributed by atoms with van der Waals surface area (Å²) in [6, 6.07) is 14.3. The summed E-state index contributed by atoms with van der Waals surface area (Å²) >= 11 is 1.61. The van der Waals surface area contributed by atoms with E-state index in [9.17, 15) is 9.59 Å². The summed E-state index contributed by atoms with van der Waals surface area (Å²) in [5.41, 5.74) is 2.52. The molecule has 1 aromatic carbocycles. The van der Waals surface area contributed by atoms with Crippen molar-refractivity contribution in [2.45, 2.75) is 77.0 Å². The van der Waals surface area contributed by atoms with Crippen molar-refractivity contribution in [3.63, 3.8) is 0 Å². The first-order valence-electron chi connectivity index (χ1n) is 12.3. The third kappa shape index (κ3) is 4.29. The van der Waals surface area contributed by atoms with Crippen molar-refractivity contribution >= 4 is 23.2 Å². The molecule has 1 aliphatic heterocycles. The number of amides is 2. The van der Waals surface area contributed by atoms with Crippen LogP contribution in [0.1, 0.15) is 66.9 Å². The number of hydrogen-bond acceptors (Lipinski definition) is 4. The van der Waals surface area contributed by atoms with Crippen LogP contribution in [0, 0.1) is 0 Å². The molecule has 3 aromatic rings. The topological polar surface area (TPSA) is 67.2 Å². The fourth-order valence-electron chi connectivity index (χ4n) is 5.09. The lowest BCUT2D eigenvalue weighted by molar-refractivity contribution is -0.134. The fourth-order valence-corrected chi connectivity index (χ4v) is 5.78. The lowest BCUT2D eigenvalue weighted by Gasteiger charge is -2.43. The summed E-state index contributed by atoms with van der Waals surface area (Å²) in [6.45, 7) is 4.77. The highest BCUT2D eigenvalue weighted by molar-refractivity contribution is 7.09. The Balaban J connectivity index is 1.48. The molecule has 34 heavy (non-hydrogen) atoms. The molecule has 1 atom stereocenters. The van der Waals surface area contributed by atoms with Crippen molar-refractivity contribution in [1.82, 2.24) is 20.0 Å². The second-order valence-corrected chi connectivity index (χ2v) is 10.7. The Labute approximate surface area is 205 Å². The van der Waals surface area contributed by atoms with Crippen LogP contribution in [0.5, 0.6) is 0 Å². The van der Waals surface area contributed by atoms with Gasteiger partial charge in [0.05, 0.1) is 18.8 Å². The molecule has 2 aliphatic rings. The summed E-state index contributed by atoms with van der Waals surface area (Å²) in [7, 11) is 0. The van der Waals surface area contributed by atoms with E-state index in [-0.39, 0.29) is 17.9 Å². The molecule has 1 aliphatic carbocycles. The highest BCUT2D eigenvalue weighted by Gasteiger charge is 2.48. The Bertz CT molecular complexity index is 1160. The largest absolute Gasteiger partial charge is 0.351 e. The van der Waals surface area contributed by atoms with Crippen LogP contribution in [0.4, 0.5) is 0 Å². The number of carbonyl (C=O) groups excluding carboxylic acids is 2. The summed E-state index contributed by atoms with van der Waals surface area (Å²) in [6.07, 6.45) is 6.50. The number of rotatable bonds is 6. The van der Waals surface area contributed by atoms with Gasteiger partial charge in [-0.1, -0.05) is 56.5 Å². The first-order valence-corrected chi connectivity index (χ1v) is 13.2. The maximum absolute atomic E-state index is 13.8. The number of thiophene rings is 1. The number of hydrogen-bond donors (Lipinski definition) is 1. The fraction of sp³-hybridized carbons (Fsp3) is 0.444. The molecule has 3 heterocycles. The van der Waals surface area contributed by atoms with E-state index in [0.717, 1.165) is 48.2 Å². The van der Waals surface area contributed by atoms with Crippen molar-refractivity contribution in [1.29, 1.82) is 0 Å². The van der Waals surface area contributed by atoms with Gasteiger partial charge in [0.1, 0.15) is 11.2 Å². The quantitative estimate of drug-likeness (QED) is 0.542. The lowest BCUT2D eigenvalue weighted by Crippen LogP contribution is -2.64. The number of benzene rings is 1. The van der Waals surface area contributed by atoms with Gasteiger partial charge in [-0.2, -0.15) is 5.10 Å². The van der Waals surface area contributed by atoms with Gasteiger partial charge in [0.25, 0.3) is 5.91 Å². The van der Waals surface area contributed by atoms with Gasteiger partial charge in [0, 0.05) is 16.5 Å². The van der Waals surface area contributed by atoms with Gasteiger partial charge < -0.3 is 10.2 Å². The smallest absolute Gasteiger partial charge is 0.273 e. The van der Waals surface area contributed by atoms with Gasteiger partial charge in [-0.3, -0.25) is 14.3 Å². The van der Waals surface area contributed by atoms with E-state index in [1.54, 1.807) is 20.9 Å². The molecule has 0 radical (unpaired) electrons. The van der Waals surface area contributed by atoms with Gasteiger partial charge in [0.2, 0.25) is 5.91 Å². The first kappa shape index (κ1) is 22.8. The minimum Gasteiger partial charge on any atom is -0.351 e. The van der Waals surface area contributed by atoms with Crippen molar-refractivity contribution in [2.75, 3.05) is 0 Å². The van der Waals surface area contributed by atoms with E-state index in [1.807, 2.05) is 30.5 Å². The molecule has 1 fully saturated rings. The predicted molar refractivity (Wildman–Crippen MR) is 135 cm³/mol. The van der Waals surface area contributed by atoms with Crippen LogP contribution in [0.25, 0.3) is 11.3 Å². The van der Waals surface area contributed by atoms with Crippen molar-refractivity contribution in [3.05, 3.63) is 64.0 Å². The van der Waals surface area contributed by atoms with E-state index in [2.05, 4.69) is 36.5 Å². The monoisotopic (exact) mass is 476 g/mol. The van der Waals surface area contributed by atoms with Gasteiger partial charge in [0.15, 0.2) is 0 Å². The first-order chi connectivity index (χ1) is 16.5. The maximum Gasteiger partial charge on any atom is 0.273 e. The predicted octanol–water partition coefficient (Wildman–Crippen LogP) is 5.04. The number of nitrogens with one attached hydrogen (secondary N) is 1. The average molecular weight is 477 g/mol. The summed E-state index contributed by atoms with van der Waals surface area (Å²) in [5, 5.41) is 10.1. The van der Waals surface area contributed by atoms with Gasteiger partial charge >= 0.3 is 0 Å². The van der Waals surface area contributed by atoms with E-state index in [1.165, 1.54) is 12.0 Å². The maximum atomic E-state index is 13.8. The summed E-state index contributed by atoms with van der Waals surface area (Å²) < 4.78 is 1.73. The second-order valence-electron chi connectivity index (χ2n) is 9.68. The van der Waals surface area contributed by atoms with Crippen LogP contribution in [-0.2, 0) is 24.3 Å². The molecule has 0 saturated heterocycles. The second kappa shape index (κ2) is 9.37. The van der Waals surface area contributed by atoms with Crippen LogP contribution in [0.2, 0.25) is 0 Å². The van der Waals surface area contributed by atoms with Crippen LogP contribution in [0.3, 0.4) is 0 Å². The zero-order chi connectivity index (χ0) is 23.7. The molecular weight excluding hydrogens is 444 g/mol. The van der Waals surface area contributed by atoms with Gasteiger partial charge in [-0.05, 0) is 49.3 Å².